The summed E-state index contributed by atoms with van der Waals surface area (Å²) in [6.07, 6.45) is 1.47. The highest BCUT2D eigenvalue weighted by atomic mass is 35.5. The van der Waals surface area contributed by atoms with Gasteiger partial charge in [-0.05, 0) is 36.6 Å². The number of carbonyl (C=O) groups excluding carboxylic acids is 2. The Balaban J connectivity index is 1.57. The molecule has 124 valence electrons. The smallest absolute Gasteiger partial charge is 0.317 e. The van der Waals surface area contributed by atoms with Gasteiger partial charge in [0.2, 0.25) is 0 Å². The summed E-state index contributed by atoms with van der Waals surface area (Å²) >= 11 is 11.8. The summed E-state index contributed by atoms with van der Waals surface area (Å²) in [6, 6.07) is 14.2. The van der Waals surface area contributed by atoms with Gasteiger partial charge >= 0.3 is 5.97 Å². The Bertz CT molecular complexity index is 753. The lowest BCUT2D eigenvalue weighted by Crippen LogP contribution is -2.28. The number of nitrogens with one attached hydrogen (secondary N) is 1. The van der Waals surface area contributed by atoms with Gasteiger partial charge in [-0.1, -0.05) is 53.5 Å². The van der Waals surface area contributed by atoms with Crippen molar-refractivity contribution >= 4 is 40.8 Å². The summed E-state index contributed by atoms with van der Waals surface area (Å²) in [7, 11) is 0. The van der Waals surface area contributed by atoms with E-state index < -0.39 is 11.3 Å². The van der Waals surface area contributed by atoms with Gasteiger partial charge in [-0.3, -0.25) is 9.59 Å². The average Bonchev–Trinajstić information content (AvgIpc) is 3.34. The lowest BCUT2D eigenvalue weighted by Gasteiger charge is -2.14. The van der Waals surface area contributed by atoms with Crippen molar-refractivity contribution in [1.29, 1.82) is 0 Å². The highest BCUT2D eigenvalue weighted by molar-refractivity contribution is 6.35. The zero-order chi connectivity index (χ0) is 17.2. The fourth-order valence-corrected chi connectivity index (χ4v) is 3.11. The van der Waals surface area contributed by atoms with E-state index in [2.05, 4.69) is 5.32 Å². The molecule has 2 aromatic carbocycles. The highest BCUT2D eigenvalue weighted by Gasteiger charge is 2.52. The minimum absolute atomic E-state index is 0.350. The van der Waals surface area contributed by atoms with Crippen molar-refractivity contribution in [1.82, 2.24) is 0 Å². The van der Waals surface area contributed by atoms with Crippen LogP contribution in [0.25, 0.3) is 0 Å². The molecule has 0 spiro atoms. The molecular formula is C18H15Cl2NO3. The fourth-order valence-electron chi connectivity index (χ4n) is 2.59. The van der Waals surface area contributed by atoms with Gasteiger partial charge in [-0.2, -0.15) is 0 Å². The number of rotatable bonds is 5. The van der Waals surface area contributed by atoms with E-state index in [4.69, 9.17) is 27.9 Å². The van der Waals surface area contributed by atoms with Gasteiger partial charge in [-0.25, -0.2) is 0 Å². The predicted molar refractivity (Wildman–Crippen MR) is 93.4 cm³/mol. The lowest BCUT2D eigenvalue weighted by molar-refractivity contribution is -0.150. The molecule has 0 bridgehead atoms. The molecule has 3 rings (SSSR count). The molecule has 4 nitrogen and oxygen atoms in total. The number of halogens is 2. The monoisotopic (exact) mass is 363 g/mol. The first-order valence-electron chi connectivity index (χ1n) is 7.48. The second-order valence-electron chi connectivity index (χ2n) is 5.73. The van der Waals surface area contributed by atoms with E-state index in [1.165, 1.54) is 0 Å². The predicted octanol–water partition coefficient (Wildman–Crippen LogP) is 4.21. The molecule has 1 aliphatic carbocycles. The van der Waals surface area contributed by atoms with E-state index in [0.29, 0.717) is 15.7 Å². The number of hydrogen-bond donors (Lipinski definition) is 1. The molecule has 0 aliphatic heterocycles. The largest absolute Gasteiger partial charge is 0.455 e. The van der Waals surface area contributed by atoms with E-state index in [-0.39, 0.29) is 12.6 Å². The van der Waals surface area contributed by atoms with Gasteiger partial charge in [0.05, 0.1) is 5.41 Å². The molecule has 0 atom stereocenters. The van der Waals surface area contributed by atoms with E-state index in [9.17, 15) is 9.59 Å². The number of esters is 1. The van der Waals surface area contributed by atoms with Crippen LogP contribution in [-0.2, 0) is 19.7 Å². The fraction of sp³-hybridized carbons (Fsp3) is 0.222. The van der Waals surface area contributed by atoms with Gasteiger partial charge in [-0.15, -0.1) is 0 Å². The zero-order valence-corrected chi connectivity index (χ0v) is 14.2. The summed E-state index contributed by atoms with van der Waals surface area (Å²) in [6.45, 7) is -0.350. The molecule has 0 aromatic heterocycles. The van der Waals surface area contributed by atoms with Crippen LogP contribution in [-0.4, -0.2) is 18.5 Å². The molecule has 2 aromatic rings. The van der Waals surface area contributed by atoms with E-state index >= 15 is 0 Å². The second-order valence-corrected chi connectivity index (χ2v) is 6.60. The van der Waals surface area contributed by atoms with Crippen LogP contribution in [0.4, 0.5) is 5.69 Å². The minimum Gasteiger partial charge on any atom is -0.455 e. The Hall–Kier alpha value is -2.04. The quantitative estimate of drug-likeness (QED) is 0.809. The third-order valence-corrected chi connectivity index (χ3v) is 4.38. The van der Waals surface area contributed by atoms with E-state index in [0.717, 1.165) is 18.4 Å². The van der Waals surface area contributed by atoms with Gasteiger partial charge in [0.1, 0.15) is 0 Å². The van der Waals surface area contributed by atoms with Crippen molar-refractivity contribution in [3.05, 3.63) is 64.1 Å². The summed E-state index contributed by atoms with van der Waals surface area (Å²) in [5, 5.41) is 3.43. The van der Waals surface area contributed by atoms with Gasteiger partial charge in [0.25, 0.3) is 5.91 Å². The number of amides is 1. The van der Waals surface area contributed by atoms with Crippen LogP contribution in [0.1, 0.15) is 18.4 Å². The summed E-state index contributed by atoms with van der Waals surface area (Å²) in [5.74, 6) is -0.807. The standard InChI is InChI=1S/C18H15Cl2NO3/c19-13-8-14(20)10-15(9-13)21-16(22)11-24-17(23)18(6-7-18)12-4-2-1-3-5-12/h1-5,8-10H,6-7,11H2,(H,21,22). The van der Waals surface area contributed by atoms with Gasteiger partial charge in [0, 0.05) is 15.7 Å². The summed E-state index contributed by atoms with van der Waals surface area (Å²) in [5.41, 5.74) is 0.788. The van der Waals surface area contributed by atoms with Gasteiger partial charge in [0.15, 0.2) is 6.61 Å². The van der Waals surface area contributed by atoms with Crippen LogP contribution in [0.15, 0.2) is 48.5 Å². The Labute approximate surface area is 149 Å². The van der Waals surface area contributed by atoms with E-state index in [1.54, 1.807) is 18.2 Å². The molecule has 1 N–H and O–H groups in total. The van der Waals surface area contributed by atoms with Crippen molar-refractivity contribution in [2.75, 3.05) is 11.9 Å². The third-order valence-electron chi connectivity index (χ3n) is 3.95. The van der Waals surface area contributed by atoms with Crippen molar-refractivity contribution in [3.8, 4) is 0 Å². The third kappa shape index (κ3) is 3.71. The molecule has 0 saturated heterocycles. The van der Waals surface area contributed by atoms with Crippen molar-refractivity contribution < 1.29 is 14.3 Å². The summed E-state index contributed by atoms with van der Waals surface area (Å²) < 4.78 is 5.20. The number of hydrogen-bond acceptors (Lipinski definition) is 3. The van der Waals surface area contributed by atoms with Crippen molar-refractivity contribution in [2.45, 2.75) is 18.3 Å². The highest BCUT2D eigenvalue weighted by Crippen LogP contribution is 2.49. The Morgan fingerprint density at radius 3 is 2.25 bits per heavy atom. The molecule has 0 radical (unpaired) electrons. The first-order chi connectivity index (χ1) is 11.5. The molecule has 24 heavy (non-hydrogen) atoms. The molecule has 1 amide bonds. The van der Waals surface area contributed by atoms with Crippen LogP contribution in [0.2, 0.25) is 10.0 Å². The zero-order valence-electron chi connectivity index (χ0n) is 12.7. The molecule has 0 unspecified atom stereocenters. The molecule has 1 fully saturated rings. The molecular weight excluding hydrogens is 349 g/mol. The summed E-state index contributed by atoms with van der Waals surface area (Å²) in [4.78, 5) is 24.3. The van der Waals surface area contributed by atoms with Crippen molar-refractivity contribution in [3.63, 3.8) is 0 Å². The number of ether oxygens (including phenoxy) is 1. The van der Waals surface area contributed by atoms with Crippen LogP contribution in [0, 0.1) is 0 Å². The van der Waals surface area contributed by atoms with Crippen LogP contribution < -0.4 is 5.32 Å². The average molecular weight is 364 g/mol. The van der Waals surface area contributed by atoms with Crippen LogP contribution in [0.5, 0.6) is 0 Å². The maximum absolute atomic E-state index is 12.3. The van der Waals surface area contributed by atoms with Crippen LogP contribution >= 0.6 is 23.2 Å². The maximum Gasteiger partial charge on any atom is 0.317 e. The Kier molecular flexibility index (Phi) is 4.78. The number of carbonyl (C=O) groups is 2. The van der Waals surface area contributed by atoms with Crippen LogP contribution in [0.3, 0.4) is 0 Å². The minimum atomic E-state index is -0.596. The Morgan fingerprint density at radius 2 is 1.67 bits per heavy atom. The number of benzene rings is 2. The molecule has 1 saturated carbocycles. The molecule has 0 heterocycles. The number of anilines is 1. The molecule has 6 heteroatoms. The van der Waals surface area contributed by atoms with Crippen molar-refractivity contribution in [2.24, 2.45) is 0 Å². The lowest BCUT2D eigenvalue weighted by atomic mass is 9.96. The van der Waals surface area contributed by atoms with E-state index in [1.807, 2.05) is 30.3 Å². The van der Waals surface area contributed by atoms with Gasteiger partial charge < -0.3 is 10.1 Å². The first kappa shape index (κ1) is 16.8. The topological polar surface area (TPSA) is 55.4 Å². The maximum atomic E-state index is 12.3. The second kappa shape index (κ2) is 6.83. The molecule has 1 aliphatic rings. The SMILES string of the molecule is O=C(COC(=O)C1(c2ccccc2)CC1)Nc1cc(Cl)cc(Cl)c1. The Morgan fingerprint density at radius 1 is 1.04 bits per heavy atom. The normalized spacial score (nSPS) is 14.8. The first-order valence-corrected chi connectivity index (χ1v) is 8.24.